The predicted octanol–water partition coefficient (Wildman–Crippen LogP) is 2.52. The molecule has 6 heteroatoms. The minimum atomic E-state index is -0.617. The van der Waals surface area contributed by atoms with Gasteiger partial charge in [0.25, 0.3) is 5.91 Å². The maximum Gasteiger partial charge on any atom is 0.287 e. The van der Waals surface area contributed by atoms with Crippen molar-refractivity contribution in [2.45, 2.75) is 19.9 Å². The molecule has 1 aromatic heterocycles. The molecule has 0 fully saturated rings. The van der Waals surface area contributed by atoms with E-state index in [9.17, 15) is 9.59 Å². The zero-order chi connectivity index (χ0) is 18.0. The molecule has 0 saturated heterocycles. The number of furan rings is 1. The molecule has 1 aliphatic rings. The first-order valence-electron chi connectivity index (χ1n) is 8.45. The van der Waals surface area contributed by atoms with Crippen molar-refractivity contribution in [2.24, 2.45) is 5.92 Å². The number of nitrogens with zero attached hydrogens (tertiary/aromatic N) is 2. The molecule has 0 spiro atoms. The Kier molecular flexibility index (Phi) is 4.79. The molecule has 2 aromatic rings. The smallest absolute Gasteiger partial charge is 0.287 e. The lowest BCUT2D eigenvalue weighted by molar-refractivity contribution is -0.121. The predicted molar refractivity (Wildman–Crippen MR) is 96.9 cm³/mol. The Morgan fingerprint density at radius 3 is 2.44 bits per heavy atom. The number of fused-ring (bicyclic) bond motifs is 1. The van der Waals surface area contributed by atoms with Crippen molar-refractivity contribution < 1.29 is 14.0 Å². The molecule has 25 heavy (non-hydrogen) atoms. The fraction of sp³-hybridized carbons (Fsp3) is 0.368. The Balaban J connectivity index is 1.84. The molecule has 0 aliphatic carbocycles. The van der Waals surface area contributed by atoms with Crippen LogP contribution in [0, 0.1) is 5.92 Å². The molecule has 0 bridgehead atoms. The molecule has 6 nitrogen and oxygen atoms in total. The van der Waals surface area contributed by atoms with Crippen LogP contribution in [0.15, 0.2) is 47.1 Å². The lowest BCUT2D eigenvalue weighted by Crippen LogP contribution is -2.54. The van der Waals surface area contributed by atoms with Crippen molar-refractivity contribution in [3.8, 4) is 0 Å². The highest BCUT2D eigenvalue weighted by Gasteiger charge is 2.33. The van der Waals surface area contributed by atoms with E-state index >= 15 is 0 Å². The second-order valence-corrected chi connectivity index (χ2v) is 6.57. The van der Waals surface area contributed by atoms with Crippen LogP contribution in [0.4, 0.5) is 11.4 Å². The van der Waals surface area contributed by atoms with Crippen molar-refractivity contribution in [3.05, 3.63) is 48.4 Å². The van der Waals surface area contributed by atoms with Crippen LogP contribution in [0.25, 0.3) is 0 Å². The van der Waals surface area contributed by atoms with E-state index < -0.39 is 6.04 Å². The van der Waals surface area contributed by atoms with Crippen LogP contribution < -0.4 is 15.1 Å². The Labute approximate surface area is 147 Å². The third-order valence-electron chi connectivity index (χ3n) is 4.47. The lowest BCUT2D eigenvalue weighted by atomic mass is 10.0. The van der Waals surface area contributed by atoms with Gasteiger partial charge in [0.05, 0.1) is 17.6 Å². The summed E-state index contributed by atoms with van der Waals surface area (Å²) in [4.78, 5) is 29.4. The SMILES string of the molecule is CC(C)[C@H](NC(=O)c1ccco1)C(=O)N1CCN(C)c2ccccc21. The first kappa shape index (κ1) is 17.1. The molecule has 3 rings (SSSR count). The molecule has 2 amide bonds. The number of carbonyl (C=O) groups is 2. The second-order valence-electron chi connectivity index (χ2n) is 6.57. The number of hydrogen-bond donors (Lipinski definition) is 1. The third kappa shape index (κ3) is 3.38. The number of amides is 2. The van der Waals surface area contributed by atoms with E-state index in [1.165, 1.54) is 6.26 Å². The summed E-state index contributed by atoms with van der Waals surface area (Å²) in [5.74, 6) is -0.314. The zero-order valence-corrected chi connectivity index (χ0v) is 14.7. The quantitative estimate of drug-likeness (QED) is 0.928. The molecule has 0 unspecified atom stereocenters. The first-order chi connectivity index (χ1) is 12.0. The van der Waals surface area contributed by atoms with Crippen molar-refractivity contribution in [1.82, 2.24) is 5.32 Å². The van der Waals surface area contributed by atoms with Gasteiger partial charge >= 0.3 is 0 Å². The highest BCUT2D eigenvalue weighted by atomic mass is 16.3. The summed E-state index contributed by atoms with van der Waals surface area (Å²) in [7, 11) is 2.01. The van der Waals surface area contributed by atoms with E-state index in [-0.39, 0.29) is 23.5 Å². The Morgan fingerprint density at radius 2 is 1.80 bits per heavy atom. The second kappa shape index (κ2) is 7.01. The minimum absolute atomic E-state index is 0.0433. The van der Waals surface area contributed by atoms with Crippen LogP contribution in [-0.2, 0) is 4.79 Å². The van der Waals surface area contributed by atoms with E-state index in [4.69, 9.17) is 4.42 Å². The number of rotatable bonds is 4. The van der Waals surface area contributed by atoms with Crippen LogP contribution in [0.1, 0.15) is 24.4 Å². The fourth-order valence-corrected chi connectivity index (χ4v) is 3.04. The summed E-state index contributed by atoms with van der Waals surface area (Å²) in [6.07, 6.45) is 1.44. The van der Waals surface area contributed by atoms with Crippen molar-refractivity contribution >= 4 is 23.2 Å². The van der Waals surface area contributed by atoms with Gasteiger partial charge in [-0.1, -0.05) is 26.0 Å². The molecule has 1 aliphatic heterocycles. The molecule has 0 saturated carbocycles. The zero-order valence-electron chi connectivity index (χ0n) is 14.7. The van der Waals surface area contributed by atoms with Crippen LogP contribution in [0.5, 0.6) is 0 Å². The van der Waals surface area contributed by atoms with Crippen LogP contribution >= 0.6 is 0 Å². The summed E-state index contributed by atoms with van der Waals surface area (Å²) in [6, 6.07) is 10.4. The average Bonchev–Trinajstić information content (AvgIpc) is 3.14. The van der Waals surface area contributed by atoms with E-state index in [1.807, 2.05) is 45.2 Å². The van der Waals surface area contributed by atoms with Crippen LogP contribution in [0.3, 0.4) is 0 Å². The Bertz CT molecular complexity index is 755. The molecule has 132 valence electrons. The molecular formula is C19H23N3O3. The topological polar surface area (TPSA) is 65.8 Å². The summed E-state index contributed by atoms with van der Waals surface area (Å²) in [5, 5.41) is 2.82. The number of likely N-dealkylation sites (N-methyl/N-ethyl adjacent to an activating group) is 1. The van der Waals surface area contributed by atoms with E-state index in [1.54, 1.807) is 17.0 Å². The minimum Gasteiger partial charge on any atom is -0.459 e. The number of nitrogens with one attached hydrogen (secondary N) is 1. The largest absolute Gasteiger partial charge is 0.459 e. The van der Waals surface area contributed by atoms with Gasteiger partial charge in [0, 0.05) is 20.1 Å². The van der Waals surface area contributed by atoms with Gasteiger partial charge in [-0.25, -0.2) is 0 Å². The van der Waals surface area contributed by atoms with Crippen molar-refractivity contribution in [2.75, 3.05) is 29.9 Å². The standard InChI is InChI=1S/C19H23N3O3/c1-13(2)17(20-18(23)16-9-6-12-25-16)19(24)22-11-10-21(3)14-7-4-5-8-15(14)22/h4-9,12-13,17H,10-11H2,1-3H3,(H,20,23)/t17-/m0/s1. The normalized spacial score (nSPS) is 15.0. The van der Waals surface area contributed by atoms with Gasteiger partial charge in [0.1, 0.15) is 6.04 Å². The maximum atomic E-state index is 13.2. The maximum absolute atomic E-state index is 13.2. The highest BCUT2D eigenvalue weighted by molar-refractivity contribution is 6.04. The van der Waals surface area contributed by atoms with Gasteiger partial charge in [0.15, 0.2) is 5.76 Å². The molecule has 1 N–H and O–H groups in total. The average molecular weight is 341 g/mol. The number of carbonyl (C=O) groups excluding carboxylic acids is 2. The fourth-order valence-electron chi connectivity index (χ4n) is 3.04. The number of para-hydroxylation sites is 2. The number of hydrogen-bond acceptors (Lipinski definition) is 4. The number of anilines is 2. The third-order valence-corrected chi connectivity index (χ3v) is 4.47. The van der Waals surface area contributed by atoms with Gasteiger partial charge in [0.2, 0.25) is 5.91 Å². The molecule has 1 atom stereocenters. The number of benzene rings is 1. The van der Waals surface area contributed by atoms with Crippen LogP contribution in [0.2, 0.25) is 0 Å². The van der Waals surface area contributed by atoms with Crippen molar-refractivity contribution in [3.63, 3.8) is 0 Å². The summed E-state index contributed by atoms with van der Waals surface area (Å²) in [6.45, 7) is 5.19. The van der Waals surface area contributed by atoms with Gasteiger partial charge in [-0.05, 0) is 30.2 Å². The van der Waals surface area contributed by atoms with Crippen molar-refractivity contribution in [1.29, 1.82) is 0 Å². The molecule has 0 radical (unpaired) electrons. The van der Waals surface area contributed by atoms with Gasteiger partial charge in [-0.15, -0.1) is 0 Å². The lowest BCUT2D eigenvalue weighted by Gasteiger charge is -2.38. The first-order valence-corrected chi connectivity index (χ1v) is 8.45. The van der Waals surface area contributed by atoms with E-state index in [0.29, 0.717) is 6.54 Å². The van der Waals surface area contributed by atoms with Gasteiger partial charge in [-0.2, -0.15) is 0 Å². The highest BCUT2D eigenvalue weighted by Crippen LogP contribution is 2.32. The van der Waals surface area contributed by atoms with Crippen LogP contribution in [-0.4, -0.2) is 38.0 Å². The molecular weight excluding hydrogens is 318 g/mol. The Morgan fingerprint density at radius 1 is 1.08 bits per heavy atom. The monoisotopic (exact) mass is 341 g/mol. The Hall–Kier alpha value is -2.76. The molecule has 2 heterocycles. The van der Waals surface area contributed by atoms with E-state index in [2.05, 4.69) is 10.2 Å². The van der Waals surface area contributed by atoms with Gasteiger partial charge in [-0.3, -0.25) is 9.59 Å². The summed E-state index contributed by atoms with van der Waals surface area (Å²) in [5.41, 5.74) is 1.89. The molecule has 1 aromatic carbocycles. The summed E-state index contributed by atoms with van der Waals surface area (Å²) < 4.78 is 5.13. The summed E-state index contributed by atoms with van der Waals surface area (Å²) >= 11 is 0. The van der Waals surface area contributed by atoms with Gasteiger partial charge < -0.3 is 19.5 Å². The van der Waals surface area contributed by atoms with E-state index in [0.717, 1.165) is 17.9 Å².